The molecule has 0 aliphatic carbocycles. The lowest BCUT2D eigenvalue weighted by Crippen LogP contribution is -2.19. The molecule has 0 aliphatic rings. The van der Waals surface area contributed by atoms with Gasteiger partial charge in [-0.05, 0) is 14.0 Å². The van der Waals surface area contributed by atoms with Crippen LogP contribution < -0.4 is 5.32 Å². The van der Waals surface area contributed by atoms with Crippen molar-refractivity contribution in [2.24, 2.45) is 7.05 Å². The van der Waals surface area contributed by atoms with Gasteiger partial charge in [0.05, 0.1) is 12.2 Å². The smallest absolute Gasteiger partial charge is 0.122 e. The van der Waals surface area contributed by atoms with E-state index < -0.39 is 0 Å². The van der Waals surface area contributed by atoms with Gasteiger partial charge in [-0.2, -0.15) is 0 Å². The molecule has 0 radical (unpaired) electrons. The van der Waals surface area contributed by atoms with E-state index in [2.05, 4.69) is 49.6 Å². The van der Waals surface area contributed by atoms with Crippen LogP contribution in [0.2, 0.25) is 0 Å². The van der Waals surface area contributed by atoms with Crippen LogP contribution in [0.4, 0.5) is 0 Å². The molecule has 14 heavy (non-hydrogen) atoms. The lowest BCUT2D eigenvalue weighted by Gasteiger charge is -2.20. The van der Waals surface area contributed by atoms with Crippen molar-refractivity contribution < 1.29 is 0 Å². The van der Waals surface area contributed by atoms with E-state index >= 15 is 0 Å². The van der Waals surface area contributed by atoms with Crippen molar-refractivity contribution >= 4 is 0 Å². The number of aryl methyl sites for hydroxylation is 1. The summed E-state index contributed by atoms with van der Waals surface area (Å²) in [6.45, 7) is 9.58. The van der Waals surface area contributed by atoms with E-state index in [9.17, 15) is 0 Å². The topological polar surface area (TPSA) is 29.9 Å². The molecule has 1 aromatic heterocycles. The molecule has 0 aromatic carbocycles. The molecular weight excluding hydrogens is 174 g/mol. The Hall–Kier alpha value is -0.830. The Morgan fingerprint density at radius 2 is 1.93 bits per heavy atom. The van der Waals surface area contributed by atoms with Crippen LogP contribution in [-0.2, 0) is 19.0 Å². The summed E-state index contributed by atoms with van der Waals surface area (Å²) in [5, 5.41) is 3.13. The molecule has 1 N–H and O–H groups in total. The largest absolute Gasteiger partial charge is 0.333 e. The summed E-state index contributed by atoms with van der Waals surface area (Å²) in [6.07, 6.45) is 0. The SMILES string of the molecule is CNCc1nc(C)c(C(C)(C)C)n1C. The summed E-state index contributed by atoms with van der Waals surface area (Å²) >= 11 is 0. The fraction of sp³-hybridized carbons (Fsp3) is 0.727. The van der Waals surface area contributed by atoms with Gasteiger partial charge in [0, 0.05) is 18.2 Å². The second-order valence-corrected chi connectivity index (χ2v) is 4.80. The zero-order valence-corrected chi connectivity index (χ0v) is 10.1. The number of aromatic nitrogens is 2. The van der Waals surface area contributed by atoms with Crippen molar-refractivity contribution in [3.05, 3.63) is 17.2 Å². The predicted octanol–water partition coefficient (Wildman–Crippen LogP) is 1.75. The Bertz CT molecular complexity index is 318. The molecule has 3 heteroatoms. The highest BCUT2D eigenvalue weighted by molar-refractivity contribution is 5.23. The molecule has 1 aromatic rings. The molecule has 80 valence electrons. The molecule has 0 atom stereocenters. The summed E-state index contributed by atoms with van der Waals surface area (Å²) in [7, 11) is 4.04. The highest BCUT2D eigenvalue weighted by Crippen LogP contribution is 2.25. The lowest BCUT2D eigenvalue weighted by molar-refractivity contribution is 0.530. The van der Waals surface area contributed by atoms with Crippen molar-refractivity contribution in [1.82, 2.24) is 14.9 Å². The van der Waals surface area contributed by atoms with E-state index in [1.807, 2.05) is 7.05 Å². The fourth-order valence-corrected chi connectivity index (χ4v) is 2.06. The van der Waals surface area contributed by atoms with Crippen LogP contribution in [0.5, 0.6) is 0 Å². The Morgan fingerprint density at radius 3 is 2.29 bits per heavy atom. The first kappa shape index (κ1) is 11.2. The van der Waals surface area contributed by atoms with Gasteiger partial charge in [0.25, 0.3) is 0 Å². The third kappa shape index (κ3) is 1.98. The van der Waals surface area contributed by atoms with Gasteiger partial charge in [0.15, 0.2) is 0 Å². The zero-order valence-electron chi connectivity index (χ0n) is 10.1. The van der Waals surface area contributed by atoms with E-state index in [0.29, 0.717) is 0 Å². The van der Waals surface area contributed by atoms with Crippen molar-refractivity contribution in [3.8, 4) is 0 Å². The number of imidazole rings is 1. The first-order valence-electron chi connectivity index (χ1n) is 5.05. The normalized spacial score (nSPS) is 12.1. The first-order chi connectivity index (χ1) is 6.38. The molecule has 0 saturated heterocycles. The van der Waals surface area contributed by atoms with E-state index in [1.165, 1.54) is 5.69 Å². The predicted molar refractivity (Wildman–Crippen MR) is 59.4 cm³/mol. The summed E-state index contributed by atoms with van der Waals surface area (Å²) in [5.41, 5.74) is 2.63. The zero-order chi connectivity index (χ0) is 10.9. The van der Waals surface area contributed by atoms with E-state index in [4.69, 9.17) is 0 Å². The van der Waals surface area contributed by atoms with Crippen LogP contribution in [0.1, 0.15) is 38.0 Å². The highest BCUT2D eigenvalue weighted by atomic mass is 15.1. The molecule has 0 aliphatic heterocycles. The standard InChI is InChI=1S/C11H21N3/c1-8-10(11(2,3)4)14(6)9(13-8)7-12-5/h12H,7H2,1-6H3. The second-order valence-electron chi connectivity index (χ2n) is 4.80. The summed E-state index contributed by atoms with van der Waals surface area (Å²) in [6, 6.07) is 0. The van der Waals surface area contributed by atoms with Crippen molar-refractivity contribution in [1.29, 1.82) is 0 Å². The first-order valence-corrected chi connectivity index (χ1v) is 5.05. The van der Waals surface area contributed by atoms with Gasteiger partial charge in [-0.1, -0.05) is 20.8 Å². The number of nitrogens with one attached hydrogen (secondary N) is 1. The molecule has 0 saturated carbocycles. The molecule has 1 rings (SSSR count). The number of hydrogen-bond acceptors (Lipinski definition) is 2. The molecule has 0 bridgehead atoms. The maximum absolute atomic E-state index is 4.57. The number of nitrogens with zero attached hydrogens (tertiary/aromatic N) is 2. The highest BCUT2D eigenvalue weighted by Gasteiger charge is 2.22. The van der Waals surface area contributed by atoms with Crippen LogP contribution in [0.15, 0.2) is 0 Å². The van der Waals surface area contributed by atoms with Gasteiger partial charge in [0.1, 0.15) is 5.82 Å². The fourth-order valence-electron chi connectivity index (χ4n) is 2.06. The summed E-state index contributed by atoms with van der Waals surface area (Å²) < 4.78 is 2.20. The Balaban J connectivity index is 3.18. The van der Waals surface area contributed by atoms with Crippen molar-refractivity contribution in [2.75, 3.05) is 7.05 Å². The average Bonchev–Trinajstić information content (AvgIpc) is 2.26. The van der Waals surface area contributed by atoms with Gasteiger partial charge in [0.2, 0.25) is 0 Å². The lowest BCUT2D eigenvalue weighted by atomic mass is 9.91. The van der Waals surface area contributed by atoms with Crippen LogP contribution in [-0.4, -0.2) is 16.6 Å². The molecule has 1 heterocycles. The Labute approximate surface area is 86.5 Å². The monoisotopic (exact) mass is 195 g/mol. The van der Waals surface area contributed by atoms with Crippen LogP contribution in [0.3, 0.4) is 0 Å². The Morgan fingerprint density at radius 1 is 1.36 bits per heavy atom. The molecule has 0 fully saturated rings. The quantitative estimate of drug-likeness (QED) is 0.779. The van der Waals surface area contributed by atoms with Gasteiger partial charge in [-0.3, -0.25) is 0 Å². The second kappa shape index (κ2) is 3.73. The average molecular weight is 195 g/mol. The van der Waals surface area contributed by atoms with Gasteiger partial charge in [-0.25, -0.2) is 4.98 Å². The molecule has 0 unspecified atom stereocenters. The third-order valence-electron chi connectivity index (χ3n) is 2.41. The molecule has 3 nitrogen and oxygen atoms in total. The number of rotatable bonds is 2. The van der Waals surface area contributed by atoms with Gasteiger partial charge >= 0.3 is 0 Å². The third-order valence-corrected chi connectivity index (χ3v) is 2.41. The van der Waals surface area contributed by atoms with E-state index in [1.54, 1.807) is 0 Å². The van der Waals surface area contributed by atoms with E-state index in [-0.39, 0.29) is 5.41 Å². The molecule has 0 amide bonds. The molecule has 0 spiro atoms. The van der Waals surface area contributed by atoms with Crippen molar-refractivity contribution in [2.45, 2.75) is 39.7 Å². The molecular formula is C11H21N3. The van der Waals surface area contributed by atoms with Gasteiger partial charge < -0.3 is 9.88 Å². The van der Waals surface area contributed by atoms with Crippen LogP contribution >= 0.6 is 0 Å². The minimum Gasteiger partial charge on any atom is -0.333 e. The number of hydrogen-bond donors (Lipinski definition) is 1. The van der Waals surface area contributed by atoms with Crippen LogP contribution in [0, 0.1) is 6.92 Å². The summed E-state index contributed by atoms with van der Waals surface area (Å²) in [4.78, 5) is 4.57. The summed E-state index contributed by atoms with van der Waals surface area (Å²) in [5.74, 6) is 1.11. The maximum atomic E-state index is 4.57. The van der Waals surface area contributed by atoms with Crippen molar-refractivity contribution in [3.63, 3.8) is 0 Å². The Kier molecular flexibility index (Phi) is 3.00. The van der Waals surface area contributed by atoms with Gasteiger partial charge in [-0.15, -0.1) is 0 Å². The minimum absolute atomic E-state index is 0.165. The van der Waals surface area contributed by atoms with Crippen LogP contribution in [0.25, 0.3) is 0 Å². The maximum Gasteiger partial charge on any atom is 0.122 e. The van der Waals surface area contributed by atoms with E-state index in [0.717, 1.165) is 18.1 Å². The minimum atomic E-state index is 0.165.